The molecular weight excluding hydrogens is 204 g/mol. The van der Waals surface area contributed by atoms with Crippen LogP contribution >= 0.6 is 15.9 Å². The number of benzene rings is 1. The first-order chi connectivity index (χ1) is 5.15. The predicted molar refractivity (Wildman–Crippen MR) is 52.8 cm³/mol. The molecule has 0 fully saturated rings. The van der Waals surface area contributed by atoms with Gasteiger partial charge in [-0.3, -0.25) is 0 Å². The van der Waals surface area contributed by atoms with E-state index in [0.29, 0.717) is 0 Å². The Morgan fingerprint density at radius 2 is 2.09 bits per heavy atom. The van der Waals surface area contributed by atoms with E-state index in [2.05, 4.69) is 21.2 Å². The van der Waals surface area contributed by atoms with Crippen molar-refractivity contribution in [3.05, 3.63) is 22.2 Å². The van der Waals surface area contributed by atoms with Gasteiger partial charge in [-0.05, 0) is 24.6 Å². The van der Waals surface area contributed by atoms with Gasteiger partial charge in [0.15, 0.2) is 0 Å². The van der Waals surface area contributed by atoms with Gasteiger partial charge in [-0.15, -0.1) is 0 Å². The van der Waals surface area contributed by atoms with Crippen molar-refractivity contribution >= 4 is 27.3 Å². The maximum Gasteiger partial charge on any atom is 0.0399 e. The molecule has 0 amide bonds. The highest BCUT2D eigenvalue weighted by molar-refractivity contribution is 9.10. The van der Waals surface area contributed by atoms with Crippen molar-refractivity contribution in [1.82, 2.24) is 0 Å². The topological polar surface area (TPSA) is 38.0 Å². The Morgan fingerprint density at radius 1 is 1.45 bits per heavy atom. The Kier molecular flexibility index (Phi) is 2.39. The van der Waals surface area contributed by atoms with Crippen LogP contribution < -0.4 is 11.1 Å². The first-order valence-electron chi connectivity index (χ1n) is 3.38. The summed E-state index contributed by atoms with van der Waals surface area (Å²) in [5, 5.41) is 3.07. The van der Waals surface area contributed by atoms with Gasteiger partial charge in [0.05, 0.1) is 0 Å². The van der Waals surface area contributed by atoms with Gasteiger partial charge < -0.3 is 11.1 Å². The van der Waals surface area contributed by atoms with Crippen LogP contribution in [0, 0.1) is 6.92 Å². The lowest BCUT2D eigenvalue weighted by atomic mass is 10.1. The lowest BCUT2D eigenvalue weighted by Crippen LogP contribution is -1.96. The highest BCUT2D eigenvalue weighted by Gasteiger charge is 2.00. The molecule has 0 radical (unpaired) electrons. The largest absolute Gasteiger partial charge is 0.398 e. The third-order valence-corrected chi connectivity index (χ3v) is 2.14. The van der Waals surface area contributed by atoms with Gasteiger partial charge >= 0.3 is 0 Å². The summed E-state index contributed by atoms with van der Waals surface area (Å²) < 4.78 is 1.00. The van der Waals surface area contributed by atoms with E-state index >= 15 is 0 Å². The van der Waals surface area contributed by atoms with Crippen molar-refractivity contribution in [2.24, 2.45) is 0 Å². The summed E-state index contributed by atoms with van der Waals surface area (Å²) in [6.07, 6.45) is 0. The van der Waals surface area contributed by atoms with Crippen LogP contribution in [0.3, 0.4) is 0 Å². The molecule has 0 unspecified atom stereocenters. The van der Waals surface area contributed by atoms with E-state index in [1.165, 1.54) is 0 Å². The van der Waals surface area contributed by atoms with Crippen LogP contribution in [0.2, 0.25) is 0 Å². The van der Waals surface area contributed by atoms with Crippen LogP contribution in [0.5, 0.6) is 0 Å². The second kappa shape index (κ2) is 3.13. The van der Waals surface area contributed by atoms with Gasteiger partial charge in [0.25, 0.3) is 0 Å². The molecule has 0 aliphatic heterocycles. The first-order valence-corrected chi connectivity index (χ1v) is 4.18. The van der Waals surface area contributed by atoms with E-state index in [0.717, 1.165) is 21.4 Å². The zero-order chi connectivity index (χ0) is 8.43. The molecule has 11 heavy (non-hydrogen) atoms. The zero-order valence-corrected chi connectivity index (χ0v) is 8.20. The predicted octanol–water partition coefficient (Wildman–Crippen LogP) is 2.38. The van der Waals surface area contributed by atoms with Gasteiger partial charge in [0.2, 0.25) is 0 Å². The Hall–Kier alpha value is -0.700. The van der Waals surface area contributed by atoms with Crippen LogP contribution in [0.1, 0.15) is 5.56 Å². The number of halogens is 1. The molecule has 2 nitrogen and oxygen atoms in total. The minimum absolute atomic E-state index is 0.809. The molecule has 0 spiro atoms. The molecule has 0 aliphatic carbocycles. The number of nitrogens with one attached hydrogen (secondary N) is 1. The average Bonchev–Trinajstić information content (AvgIpc) is 1.96. The molecule has 60 valence electrons. The second-order valence-electron chi connectivity index (χ2n) is 2.42. The summed E-state index contributed by atoms with van der Waals surface area (Å²) in [5.74, 6) is 0. The van der Waals surface area contributed by atoms with Crippen LogP contribution in [0.4, 0.5) is 11.4 Å². The Balaban J connectivity index is 3.24. The minimum atomic E-state index is 0.809. The summed E-state index contributed by atoms with van der Waals surface area (Å²) in [4.78, 5) is 0. The molecule has 0 aliphatic rings. The van der Waals surface area contributed by atoms with Crippen molar-refractivity contribution in [2.75, 3.05) is 18.1 Å². The monoisotopic (exact) mass is 214 g/mol. The third kappa shape index (κ3) is 1.66. The Bertz CT molecular complexity index is 271. The molecule has 1 aromatic carbocycles. The standard InChI is InChI=1S/C8H11BrN2/c1-5-7(10)3-6(9)4-8(5)11-2/h3-4,11H,10H2,1-2H3. The van der Waals surface area contributed by atoms with Crippen LogP contribution in [-0.4, -0.2) is 7.05 Å². The third-order valence-electron chi connectivity index (χ3n) is 1.68. The van der Waals surface area contributed by atoms with Crippen LogP contribution in [0.25, 0.3) is 0 Å². The van der Waals surface area contributed by atoms with Crippen molar-refractivity contribution in [1.29, 1.82) is 0 Å². The first kappa shape index (κ1) is 8.40. The quantitative estimate of drug-likeness (QED) is 0.706. The molecule has 0 saturated heterocycles. The molecule has 0 aromatic heterocycles. The van der Waals surface area contributed by atoms with Gasteiger partial charge in [-0.1, -0.05) is 15.9 Å². The SMILES string of the molecule is CNc1cc(Br)cc(N)c1C. The fraction of sp³-hybridized carbons (Fsp3) is 0.250. The number of nitrogen functional groups attached to an aromatic ring is 1. The maximum absolute atomic E-state index is 5.73. The van der Waals surface area contributed by atoms with E-state index in [1.54, 1.807) is 0 Å². The van der Waals surface area contributed by atoms with Crippen molar-refractivity contribution in [3.63, 3.8) is 0 Å². The Labute approximate surface area is 74.9 Å². The maximum atomic E-state index is 5.73. The summed E-state index contributed by atoms with van der Waals surface area (Å²) in [6, 6.07) is 3.90. The van der Waals surface area contributed by atoms with Crippen LogP contribution in [0.15, 0.2) is 16.6 Å². The van der Waals surface area contributed by atoms with E-state index in [1.807, 2.05) is 26.1 Å². The smallest absolute Gasteiger partial charge is 0.0399 e. The van der Waals surface area contributed by atoms with Crippen molar-refractivity contribution in [2.45, 2.75) is 6.92 Å². The Morgan fingerprint density at radius 3 is 2.64 bits per heavy atom. The number of nitrogens with two attached hydrogens (primary N) is 1. The highest BCUT2D eigenvalue weighted by atomic mass is 79.9. The molecule has 0 bridgehead atoms. The second-order valence-corrected chi connectivity index (χ2v) is 3.33. The number of hydrogen-bond donors (Lipinski definition) is 2. The minimum Gasteiger partial charge on any atom is -0.398 e. The lowest BCUT2D eigenvalue weighted by molar-refractivity contribution is 1.40. The van der Waals surface area contributed by atoms with E-state index in [9.17, 15) is 0 Å². The molecular formula is C8H11BrN2. The highest BCUT2D eigenvalue weighted by Crippen LogP contribution is 2.25. The van der Waals surface area contributed by atoms with Crippen LogP contribution in [-0.2, 0) is 0 Å². The summed E-state index contributed by atoms with van der Waals surface area (Å²) in [6.45, 7) is 1.99. The molecule has 0 atom stereocenters. The number of rotatable bonds is 1. The fourth-order valence-electron chi connectivity index (χ4n) is 0.960. The number of hydrogen-bond acceptors (Lipinski definition) is 2. The normalized spacial score (nSPS) is 9.73. The van der Waals surface area contributed by atoms with Crippen molar-refractivity contribution in [3.8, 4) is 0 Å². The molecule has 3 N–H and O–H groups in total. The summed E-state index contributed by atoms with van der Waals surface area (Å²) in [5.41, 5.74) is 8.70. The molecule has 1 rings (SSSR count). The summed E-state index contributed by atoms with van der Waals surface area (Å²) in [7, 11) is 1.88. The van der Waals surface area contributed by atoms with Gasteiger partial charge in [0.1, 0.15) is 0 Å². The lowest BCUT2D eigenvalue weighted by Gasteiger charge is -2.07. The fourth-order valence-corrected chi connectivity index (χ4v) is 1.44. The molecule has 3 heteroatoms. The number of anilines is 2. The van der Waals surface area contributed by atoms with Gasteiger partial charge in [0, 0.05) is 22.9 Å². The van der Waals surface area contributed by atoms with Gasteiger partial charge in [-0.2, -0.15) is 0 Å². The average molecular weight is 215 g/mol. The molecule has 0 saturated carbocycles. The molecule has 0 heterocycles. The van der Waals surface area contributed by atoms with E-state index in [4.69, 9.17) is 5.73 Å². The zero-order valence-electron chi connectivity index (χ0n) is 6.61. The summed E-state index contributed by atoms with van der Waals surface area (Å²) >= 11 is 3.37. The van der Waals surface area contributed by atoms with E-state index in [-0.39, 0.29) is 0 Å². The van der Waals surface area contributed by atoms with Crippen molar-refractivity contribution < 1.29 is 0 Å². The van der Waals surface area contributed by atoms with Gasteiger partial charge in [-0.25, -0.2) is 0 Å². The van der Waals surface area contributed by atoms with E-state index < -0.39 is 0 Å². The molecule has 1 aromatic rings.